The Morgan fingerprint density at radius 3 is 2.30 bits per heavy atom. The van der Waals surface area contributed by atoms with E-state index in [4.69, 9.17) is 18.9 Å². The summed E-state index contributed by atoms with van der Waals surface area (Å²) in [6.45, 7) is 0.504. The number of methoxy groups -OCH3 is 4. The number of amides is 1. The van der Waals surface area contributed by atoms with Gasteiger partial charge in [-0.3, -0.25) is 4.79 Å². The van der Waals surface area contributed by atoms with Crippen LogP contribution in [0.3, 0.4) is 0 Å². The summed E-state index contributed by atoms with van der Waals surface area (Å²) in [5, 5.41) is -0.127. The third-order valence-corrected chi connectivity index (χ3v) is 5.68. The summed E-state index contributed by atoms with van der Waals surface area (Å²) in [5.41, 5.74) is 1.95. The third-order valence-electron chi connectivity index (χ3n) is 4.43. The van der Waals surface area contributed by atoms with Crippen LogP contribution in [0.2, 0.25) is 0 Å². The number of hydrogen-bond acceptors (Lipinski definition) is 6. The van der Waals surface area contributed by atoms with E-state index in [2.05, 4.69) is 0 Å². The van der Waals surface area contributed by atoms with Crippen LogP contribution in [0.15, 0.2) is 36.4 Å². The lowest BCUT2D eigenvalue weighted by Crippen LogP contribution is -2.27. The first-order chi connectivity index (χ1) is 13.1. The molecule has 2 aromatic carbocycles. The highest BCUT2D eigenvalue weighted by atomic mass is 32.2. The summed E-state index contributed by atoms with van der Waals surface area (Å²) < 4.78 is 21.6. The van der Waals surface area contributed by atoms with Gasteiger partial charge in [-0.2, -0.15) is 0 Å². The highest BCUT2D eigenvalue weighted by Gasteiger charge is 2.34. The van der Waals surface area contributed by atoms with Crippen LogP contribution in [-0.4, -0.2) is 45.0 Å². The second kappa shape index (κ2) is 8.43. The van der Waals surface area contributed by atoms with Gasteiger partial charge < -0.3 is 23.8 Å². The number of benzene rings is 2. The highest BCUT2D eigenvalue weighted by molar-refractivity contribution is 8.00. The molecule has 0 aromatic heterocycles. The molecule has 1 amide bonds. The van der Waals surface area contributed by atoms with E-state index in [0.717, 1.165) is 16.9 Å². The van der Waals surface area contributed by atoms with Crippen LogP contribution >= 0.6 is 11.8 Å². The van der Waals surface area contributed by atoms with Crippen molar-refractivity contribution in [2.45, 2.75) is 11.9 Å². The van der Waals surface area contributed by atoms with Gasteiger partial charge in [0.15, 0.2) is 11.5 Å². The van der Waals surface area contributed by atoms with Crippen molar-refractivity contribution >= 4 is 17.7 Å². The Morgan fingerprint density at radius 1 is 1.00 bits per heavy atom. The molecule has 0 spiro atoms. The van der Waals surface area contributed by atoms with Gasteiger partial charge in [-0.1, -0.05) is 12.1 Å². The molecule has 1 aliphatic heterocycles. The summed E-state index contributed by atoms with van der Waals surface area (Å²) in [6.07, 6.45) is 0. The molecule has 0 saturated carbocycles. The second-order valence-electron chi connectivity index (χ2n) is 6.00. The van der Waals surface area contributed by atoms with E-state index in [-0.39, 0.29) is 11.3 Å². The van der Waals surface area contributed by atoms with Gasteiger partial charge in [-0.25, -0.2) is 0 Å². The maximum absolute atomic E-state index is 12.5. The minimum absolute atomic E-state index is 0.0987. The number of hydrogen-bond donors (Lipinski definition) is 0. The quantitative estimate of drug-likeness (QED) is 0.723. The predicted molar refractivity (Wildman–Crippen MR) is 105 cm³/mol. The van der Waals surface area contributed by atoms with Crippen molar-refractivity contribution in [3.05, 3.63) is 47.5 Å². The number of thioether (sulfide) groups is 1. The predicted octanol–water partition coefficient (Wildman–Crippen LogP) is 3.50. The summed E-state index contributed by atoms with van der Waals surface area (Å²) >= 11 is 1.59. The summed E-state index contributed by atoms with van der Waals surface area (Å²) in [4.78, 5) is 14.4. The van der Waals surface area contributed by atoms with E-state index in [9.17, 15) is 4.79 Å². The molecule has 1 saturated heterocycles. The van der Waals surface area contributed by atoms with Crippen molar-refractivity contribution in [1.29, 1.82) is 0 Å². The third kappa shape index (κ3) is 3.93. The minimum Gasteiger partial charge on any atom is -0.497 e. The number of carbonyl (C=O) groups excluding carboxylic acids is 1. The Kier molecular flexibility index (Phi) is 6.01. The molecule has 27 heavy (non-hydrogen) atoms. The van der Waals surface area contributed by atoms with E-state index < -0.39 is 0 Å². The fraction of sp³-hybridized carbons (Fsp3) is 0.350. The molecular formula is C20H23NO5S. The number of rotatable bonds is 7. The first-order valence-corrected chi connectivity index (χ1v) is 9.50. The lowest BCUT2D eigenvalue weighted by Gasteiger charge is -2.25. The first kappa shape index (κ1) is 19.2. The van der Waals surface area contributed by atoms with Crippen LogP contribution in [0.5, 0.6) is 23.0 Å². The second-order valence-corrected chi connectivity index (χ2v) is 7.06. The van der Waals surface area contributed by atoms with Gasteiger partial charge in [0.05, 0.1) is 34.2 Å². The van der Waals surface area contributed by atoms with Crippen LogP contribution in [0, 0.1) is 0 Å². The molecule has 7 heteroatoms. The van der Waals surface area contributed by atoms with Gasteiger partial charge >= 0.3 is 0 Å². The number of nitrogens with zero attached hydrogens (tertiary/aromatic N) is 1. The fourth-order valence-electron chi connectivity index (χ4n) is 3.11. The van der Waals surface area contributed by atoms with Crippen LogP contribution in [-0.2, 0) is 11.3 Å². The van der Waals surface area contributed by atoms with Crippen LogP contribution in [0.4, 0.5) is 0 Å². The van der Waals surface area contributed by atoms with Crippen LogP contribution in [0.1, 0.15) is 16.5 Å². The Balaban J connectivity index is 1.93. The minimum atomic E-state index is -0.127. The average Bonchev–Trinajstić information content (AvgIpc) is 3.07. The Bertz CT molecular complexity index is 801. The Labute approximate surface area is 163 Å². The SMILES string of the molecule is COc1cccc(CN2C(=O)CSC2c2cc(OC)c(OC)c(OC)c2)c1. The molecule has 3 rings (SSSR count). The van der Waals surface area contributed by atoms with Crippen molar-refractivity contribution in [2.75, 3.05) is 34.2 Å². The molecular weight excluding hydrogens is 366 g/mol. The van der Waals surface area contributed by atoms with Crippen molar-refractivity contribution in [1.82, 2.24) is 4.90 Å². The van der Waals surface area contributed by atoms with E-state index in [0.29, 0.717) is 29.5 Å². The topological polar surface area (TPSA) is 57.2 Å². The zero-order chi connectivity index (χ0) is 19.4. The zero-order valence-electron chi connectivity index (χ0n) is 15.9. The van der Waals surface area contributed by atoms with E-state index in [1.54, 1.807) is 40.2 Å². The van der Waals surface area contributed by atoms with Crippen molar-refractivity contribution < 1.29 is 23.7 Å². The molecule has 1 heterocycles. The fourth-order valence-corrected chi connectivity index (χ4v) is 4.28. The monoisotopic (exact) mass is 389 g/mol. The van der Waals surface area contributed by atoms with Gasteiger partial charge in [0.2, 0.25) is 11.7 Å². The molecule has 0 N–H and O–H groups in total. The summed E-state index contributed by atoms with van der Waals surface area (Å²) in [6, 6.07) is 11.6. The van der Waals surface area contributed by atoms with Gasteiger partial charge in [0, 0.05) is 6.54 Å². The molecule has 1 atom stereocenters. The van der Waals surface area contributed by atoms with Gasteiger partial charge in [-0.15, -0.1) is 11.8 Å². The molecule has 1 unspecified atom stereocenters. The zero-order valence-corrected chi connectivity index (χ0v) is 16.7. The molecule has 0 bridgehead atoms. The highest BCUT2D eigenvalue weighted by Crippen LogP contribution is 2.46. The number of ether oxygens (including phenoxy) is 4. The largest absolute Gasteiger partial charge is 0.497 e. The summed E-state index contributed by atoms with van der Waals surface area (Å²) in [5.74, 6) is 3.00. The first-order valence-electron chi connectivity index (χ1n) is 8.45. The van der Waals surface area contributed by atoms with Gasteiger partial charge in [-0.05, 0) is 35.4 Å². The van der Waals surface area contributed by atoms with E-state index in [1.807, 2.05) is 41.3 Å². The lowest BCUT2D eigenvalue weighted by molar-refractivity contribution is -0.128. The molecule has 0 aliphatic carbocycles. The van der Waals surface area contributed by atoms with Crippen molar-refractivity contribution in [3.8, 4) is 23.0 Å². The average molecular weight is 389 g/mol. The maximum Gasteiger partial charge on any atom is 0.234 e. The van der Waals surface area contributed by atoms with Crippen molar-refractivity contribution in [3.63, 3.8) is 0 Å². The maximum atomic E-state index is 12.5. The molecule has 0 radical (unpaired) electrons. The smallest absolute Gasteiger partial charge is 0.234 e. The number of carbonyl (C=O) groups is 1. The lowest BCUT2D eigenvalue weighted by atomic mass is 10.1. The molecule has 2 aromatic rings. The van der Waals surface area contributed by atoms with Gasteiger partial charge in [0.1, 0.15) is 11.1 Å². The van der Waals surface area contributed by atoms with Crippen LogP contribution < -0.4 is 18.9 Å². The van der Waals surface area contributed by atoms with E-state index in [1.165, 1.54) is 0 Å². The molecule has 6 nitrogen and oxygen atoms in total. The molecule has 144 valence electrons. The normalized spacial score (nSPS) is 16.4. The van der Waals surface area contributed by atoms with E-state index >= 15 is 0 Å². The molecule has 1 fully saturated rings. The Hall–Kier alpha value is -2.54. The Morgan fingerprint density at radius 2 is 1.70 bits per heavy atom. The summed E-state index contributed by atoms with van der Waals surface area (Å²) in [7, 11) is 6.38. The van der Waals surface area contributed by atoms with Crippen molar-refractivity contribution in [2.24, 2.45) is 0 Å². The molecule has 1 aliphatic rings. The standard InChI is InChI=1S/C20H23NO5S/c1-23-15-7-5-6-13(8-15)11-21-18(22)12-27-20(21)14-9-16(24-2)19(26-4)17(10-14)25-3/h5-10,20H,11-12H2,1-4H3. The van der Waals surface area contributed by atoms with Crippen LogP contribution in [0.25, 0.3) is 0 Å². The van der Waals surface area contributed by atoms with Gasteiger partial charge in [0.25, 0.3) is 0 Å².